The van der Waals surface area contributed by atoms with Crippen molar-refractivity contribution >= 4 is 62.4 Å². The molecule has 14 rings (SSSR count). The summed E-state index contributed by atoms with van der Waals surface area (Å²) in [6.45, 7) is 42.2. The molecule has 8 saturated carbocycles. The predicted molar refractivity (Wildman–Crippen MR) is 498 cm³/mol. The molecule has 8 fully saturated rings. The molecule has 0 bridgehead atoms. The molecule has 6 nitrogen and oxygen atoms in total. The van der Waals surface area contributed by atoms with Gasteiger partial charge >= 0.3 is 438 Å². The van der Waals surface area contributed by atoms with Crippen molar-refractivity contribution in [2.24, 2.45) is 105 Å². The first-order valence-corrected chi connectivity index (χ1v) is 53.1. The molecule has 10 aliphatic carbocycles. The Morgan fingerprint density at radius 1 is 0.474 bits per heavy atom. The first-order valence-electron chi connectivity index (χ1n) is 44.7. The zero-order valence-corrected chi connectivity index (χ0v) is 81.5. The van der Waals surface area contributed by atoms with E-state index in [2.05, 4.69) is 254 Å². The third-order valence-corrected chi connectivity index (χ3v) is 48.8. The zero-order valence-electron chi connectivity index (χ0n) is 71.6. The van der Waals surface area contributed by atoms with Crippen LogP contribution in [0.2, 0.25) is 0 Å². The molecule has 4 aromatic carbocycles. The van der Waals surface area contributed by atoms with Crippen LogP contribution in [-0.4, -0.2) is 90.0 Å². The minimum absolute atomic E-state index is 0. The second-order valence-electron chi connectivity index (χ2n) is 39.1. The van der Waals surface area contributed by atoms with E-state index in [4.69, 9.17) is 27.9 Å². The average molecular weight is 2100 g/mol. The summed E-state index contributed by atoms with van der Waals surface area (Å²) in [4.78, 5) is 0. The Hall–Kier alpha value is -0.604. The normalized spacial score (nSPS) is 32.9. The molecule has 0 aliphatic heterocycles. The van der Waals surface area contributed by atoms with E-state index in [1.807, 2.05) is 0 Å². The molecule has 0 amide bonds. The Balaban J connectivity index is 0.000000384. The summed E-state index contributed by atoms with van der Waals surface area (Å²) in [5.41, 5.74) is 17.8. The van der Waals surface area contributed by atoms with Crippen LogP contribution in [0, 0.1) is 125 Å². The molecule has 4 aromatic rings. The van der Waals surface area contributed by atoms with Crippen molar-refractivity contribution < 1.29 is 64.0 Å². The van der Waals surface area contributed by atoms with Crippen molar-refractivity contribution in [1.82, 2.24) is 0 Å². The maximum absolute atomic E-state index is 7.42. The topological polar surface area (TPSA) is 129 Å². The Morgan fingerprint density at radius 2 is 0.825 bits per heavy atom. The van der Waals surface area contributed by atoms with Crippen molar-refractivity contribution in [3.8, 4) is 0 Å². The van der Waals surface area contributed by atoms with Crippen molar-refractivity contribution in [3.05, 3.63) is 177 Å². The summed E-state index contributed by atoms with van der Waals surface area (Å²) in [6.07, 6.45) is 48.3. The number of allylic oxidation sites excluding steroid dienone is 2. The first-order chi connectivity index (χ1) is 51.7. The van der Waals surface area contributed by atoms with Crippen LogP contribution < -0.4 is 21.2 Å². The number of hydrogen-bond acceptors (Lipinski definition) is 2. The van der Waals surface area contributed by atoms with Crippen LogP contribution in [0.5, 0.6) is 0 Å². The van der Waals surface area contributed by atoms with Crippen LogP contribution in [0.25, 0.3) is 11.5 Å². The Bertz CT molecular complexity index is 3240. The molecule has 6 N–H and O–H groups in total. The molecule has 22 atom stereocenters. The fraction of sp³-hybridized carbons (Fsp3) is 0.696. The summed E-state index contributed by atoms with van der Waals surface area (Å²) in [5, 5.41) is 5.77. The molecule has 114 heavy (non-hydrogen) atoms. The molecule has 653 valence electrons. The maximum atomic E-state index is 7.42. The fourth-order valence-corrected chi connectivity index (χ4v) is 35.5. The predicted octanol–water partition coefficient (Wildman–Crippen LogP) is 26.2. The summed E-state index contributed by atoms with van der Waals surface area (Å²) in [6, 6.07) is 44.8. The van der Waals surface area contributed by atoms with E-state index in [1.54, 1.807) is 11.1 Å². The Morgan fingerprint density at radius 3 is 1.17 bits per heavy atom. The summed E-state index contributed by atoms with van der Waals surface area (Å²) >= 11 is 6.86. The van der Waals surface area contributed by atoms with Crippen LogP contribution in [0.3, 0.4) is 0 Å². The van der Waals surface area contributed by atoms with Gasteiger partial charge in [-0.05, 0) is 72.0 Å². The minimum atomic E-state index is -1.69. The first kappa shape index (κ1) is 104. The average Bonchev–Trinajstić information content (AvgIpc) is 1.66. The molecule has 0 heterocycles. The van der Waals surface area contributed by atoms with Gasteiger partial charge in [0.25, 0.3) is 0 Å². The van der Waals surface area contributed by atoms with Gasteiger partial charge in [0.1, 0.15) is 0 Å². The number of hydrogen-bond donors (Lipinski definition) is 0. The molecule has 10 unspecified atom stereocenters. The van der Waals surface area contributed by atoms with Gasteiger partial charge in [-0.3, -0.25) is 0 Å². The van der Waals surface area contributed by atoms with Gasteiger partial charge < -0.3 is 36.3 Å². The van der Waals surface area contributed by atoms with Gasteiger partial charge in [-0.15, -0.1) is 0 Å². The van der Waals surface area contributed by atoms with Crippen LogP contribution in [0.1, 0.15) is 298 Å². The number of benzene rings is 4. The van der Waals surface area contributed by atoms with Gasteiger partial charge in [0.15, 0.2) is 0 Å². The summed E-state index contributed by atoms with van der Waals surface area (Å²) in [5.74, 6) is 11.7. The summed E-state index contributed by atoms with van der Waals surface area (Å²) < 4.78 is 13.5. The van der Waals surface area contributed by atoms with Crippen LogP contribution in [0.4, 0.5) is 0 Å². The standard InChI is InChI=1S/2C43H63OPSe.2C7H13N.2CH4.2H2O.2Pt.H2/c2*1-31(2)14-13-15-32(3)39-22-23-40-38-21-20-34-30-35(24-27-42(34,5)41(38)25-28-43(39,40)6)44-29-26-33(4)45(46,36-16-9-7-10-17-36)37-18-11-8-12-19-37;2*1-6-4-2-3-5-7(6)8;;;;;;;/h7-12,16-20,31-33,35,38-41H,13-15,21-30H2,1-6H3;7-12,16-20,31-33,35,38-41,46H,4,13-15,21-30H2,1-3,5-6H3;2*6-8H,1-5H2;2*1H4;2*1H2;;;1H/q;-1;2*-2;;;;;;+2;/t2*32?,33?,35-,38-,39?,40-,41-,42-,43+;;;;;;;;;/m00........./s1/i;;;;;;;;;;1+1. The van der Waals surface area contributed by atoms with E-state index in [0.29, 0.717) is 57.0 Å². The molecule has 12 heteroatoms. The molecule has 1 radical (unpaired) electrons. The second-order valence-corrected chi connectivity index (χ2v) is 53.1. The molecule has 0 aromatic heterocycles. The summed E-state index contributed by atoms with van der Waals surface area (Å²) in [7, 11) is 0. The van der Waals surface area contributed by atoms with Crippen LogP contribution >= 0.6 is 11.0 Å². The molecule has 0 saturated heterocycles. The van der Waals surface area contributed by atoms with E-state index in [0.717, 1.165) is 116 Å². The minimum Gasteiger partial charge on any atom is -0.677 e. The van der Waals surface area contributed by atoms with Gasteiger partial charge in [-0.2, -0.15) is 23.9 Å². The van der Waals surface area contributed by atoms with E-state index >= 15 is 0 Å². The second kappa shape index (κ2) is 47.5. The van der Waals surface area contributed by atoms with Crippen LogP contribution in [-0.2, 0) is 51.6 Å². The van der Waals surface area contributed by atoms with Crippen molar-refractivity contribution in [2.45, 2.75) is 332 Å². The van der Waals surface area contributed by atoms with E-state index in [9.17, 15) is 0 Å². The maximum Gasteiger partial charge on any atom is 2.00 e. The zero-order chi connectivity index (χ0) is 77.0. The number of fused-ring (bicyclic) bond motifs is 10. The molecular weight excluding hydrogens is 1930 g/mol. The van der Waals surface area contributed by atoms with Gasteiger partial charge in [-0.25, -0.2) is 0 Å². The van der Waals surface area contributed by atoms with E-state index in [1.165, 1.54) is 195 Å². The smallest absolute Gasteiger partial charge is 0.677 e. The third kappa shape index (κ3) is 24.1. The fourth-order valence-electron chi connectivity index (χ4n) is 25.0. The molecule has 0 spiro atoms. The largest absolute Gasteiger partial charge is 2.00 e. The number of ether oxygens (including phenoxy) is 2. The third-order valence-electron chi connectivity index (χ3n) is 31.8. The van der Waals surface area contributed by atoms with Gasteiger partial charge in [0, 0.05) is 22.5 Å². The quantitative estimate of drug-likeness (QED) is 0.0300. The SMILES string of the molecule is C.C.CC(C)CCCC(C)C1CC[C@H]2[C@@H]3CC=C4C[C@@H](OCCC(C)P(=[Se])(c5ccccc5)c5ccccc5)CC[C@]4(C)[C@H]3CC[C@]12C.O.O.[2HH].[CH2-]C(CCO[C@H]1CC[C@@]2(C)C(=CC[C@@H]3[C@@H]2CC[C@]2(C)C(C(C)CCCC(C)C)CC[C@@H]32)C1)P(=[SeH])(c1ccccc1)c1ccccc1.[CH2-]C1CCCCC1[NH-].[CH2-]C1CCCCC1[NH-].[Pt+2].[Pt]. The van der Waals surface area contributed by atoms with Crippen molar-refractivity contribution in [3.63, 3.8) is 0 Å². The van der Waals surface area contributed by atoms with Crippen LogP contribution in [0.15, 0.2) is 145 Å². The Labute approximate surface area is 746 Å². The van der Waals surface area contributed by atoms with Gasteiger partial charge in [0.2, 0.25) is 0 Å². The van der Waals surface area contributed by atoms with Gasteiger partial charge in [0.05, 0.1) is 0 Å². The number of rotatable bonds is 24. The van der Waals surface area contributed by atoms with Gasteiger partial charge in [-0.1, -0.05) is 160 Å². The van der Waals surface area contributed by atoms with E-state index in [-0.39, 0.29) is 81.4 Å². The Kier molecular flexibility index (Phi) is 43.3. The molecule has 10 aliphatic rings. The van der Waals surface area contributed by atoms with Crippen molar-refractivity contribution in [1.29, 1.82) is 0 Å². The van der Waals surface area contributed by atoms with Crippen molar-refractivity contribution in [2.75, 3.05) is 13.2 Å². The number of nitrogens with one attached hydrogen (secondary N) is 2. The molecular formula is C102H166N2O4P2Pt2Se2-3. The van der Waals surface area contributed by atoms with E-state index < -0.39 is 11.0 Å². The monoisotopic (exact) mass is 2100 g/mol.